The summed E-state index contributed by atoms with van der Waals surface area (Å²) < 4.78 is 26.0. The fraction of sp³-hybridized carbons (Fsp3) is 0.500. The maximum Gasteiger partial charge on any atom is 0.319 e. The molecule has 1 aliphatic rings. The number of urea groups is 1. The van der Waals surface area contributed by atoms with Crippen LogP contribution in [0.2, 0.25) is 0 Å². The topological polar surface area (TPSA) is 61.4 Å². The van der Waals surface area contributed by atoms with E-state index in [0.717, 1.165) is 43.9 Å². The third kappa shape index (κ3) is 4.16. The average molecular weight is 284 g/mol. The third-order valence-electron chi connectivity index (χ3n) is 3.56. The SMILES string of the molecule is O=C(Nc1cc(F)cc(F)c1)NC1CCC(CO)CC1. The second-order valence-electron chi connectivity index (χ2n) is 5.16. The summed E-state index contributed by atoms with van der Waals surface area (Å²) >= 11 is 0. The summed E-state index contributed by atoms with van der Waals surface area (Å²) in [6.45, 7) is 0.182. The Hall–Kier alpha value is -1.69. The van der Waals surface area contributed by atoms with Gasteiger partial charge in [0.25, 0.3) is 0 Å². The van der Waals surface area contributed by atoms with Gasteiger partial charge in [0.1, 0.15) is 11.6 Å². The minimum atomic E-state index is -0.733. The first-order chi connectivity index (χ1) is 9.56. The number of amides is 2. The number of benzene rings is 1. The van der Waals surface area contributed by atoms with Crippen molar-refractivity contribution in [2.75, 3.05) is 11.9 Å². The number of aliphatic hydroxyl groups is 1. The van der Waals surface area contributed by atoms with E-state index in [2.05, 4.69) is 10.6 Å². The average Bonchev–Trinajstić information content (AvgIpc) is 2.38. The highest BCUT2D eigenvalue weighted by Crippen LogP contribution is 2.23. The quantitative estimate of drug-likeness (QED) is 0.799. The number of rotatable bonds is 3. The van der Waals surface area contributed by atoms with Crippen LogP contribution in [0, 0.1) is 17.6 Å². The highest BCUT2D eigenvalue weighted by molar-refractivity contribution is 5.89. The molecule has 1 aromatic rings. The van der Waals surface area contributed by atoms with E-state index < -0.39 is 17.7 Å². The van der Waals surface area contributed by atoms with Gasteiger partial charge in [-0.3, -0.25) is 0 Å². The molecule has 1 fully saturated rings. The van der Waals surface area contributed by atoms with Crippen LogP contribution in [-0.2, 0) is 0 Å². The minimum absolute atomic E-state index is 0.0382. The zero-order valence-electron chi connectivity index (χ0n) is 11.0. The molecule has 3 N–H and O–H groups in total. The summed E-state index contributed by atoms with van der Waals surface area (Å²) in [6.07, 6.45) is 3.35. The summed E-state index contributed by atoms with van der Waals surface area (Å²) in [7, 11) is 0. The fourth-order valence-electron chi connectivity index (χ4n) is 2.47. The summed E-state index contributed by atoms with van der Waals surface area (Å²) in [4.78, 5) is 11.7. The van der Waals surface area contributed by atoms with Crippen molar-refractivity contribution in [1.82, 2.24) is 5.32 Å². The fourth-order valence-corrected chi connectivity index (χ4v) is 2.47. The second-order valence-corrected chi connectivity index (χ2v) is 5.16. The van der Waals surface area contributed by atoms with Crippen LogP contribution in [0.15, 0.2) is 18.2 Å². The lowest BCUT2D eigenvalue weighted by atomic mass is 9.87. The van der Waals surface area contributed by atoms with E-state index in [9.17, 15) is 13.6 Å². The predicted molar refractivity (Wildman–Crippen MR) is 71.3 cm³/mol. The molecule has 0 atom stereocenters. The minimum Gasteiger partial charge on any atom is -0.396 e. The van der Waals surface area contributed by atoms with E-state index in [0.29, 0.717) is 5.92 Å². The third-order valence-corrected chi connectivity index (χ3v) is 3.56. The molecule has 0 saturated heterocycles. The number of carbonyl (C=O) groups is 1. The Morgan fingerprint density at radius 3 is 2.30 bits per heavy atom. The Kier molecular flexibility index (Phi) is 4.89. The van der Waals surface area contributed by atoms with Crippen molar-refractivity contribution in [2.24, 2.45) is 5.92 Å². The Labute approximate surface area is 116 Å². The molecule has 0 aromatic heterocycles. The molecule has 0 heterocycles. The van der Waals surface area contributed by atoms with Crippen LogP contribution < -0.4 is 10.6 Å². The molecule has 2 amide bonds. The van der Waals surface area contributed by atoms with Crippen LogP contribution in [-0.4, -0.2) is 23.8 Å². The highest BCUT2D eigenvalue weighted by atomic mass is 19.1. The van der Waals surface area contributed by atoms with Crippen LogP contribution in [0.3, 0.4) is 0 Å². The number of carbonyl (C=O) groups excluding carboxylic acids is 1. The molecular formula is C14H18F2N2O2. The van der Waals surface area contributed by atoms with Gasteiger partial charge in [0.15, 0.2) is 0 Å². The number of nitrogens with one attached hydrogen (secondary N) is 2. The van der Waals surface area contributed by atoms with Gasteiger partial charge < -0.3 is 15.7 Å². The van der Waals surface area contributed by atoms with Gasteiger partial charge in [-0.25, -0.2) is 13.6 Å². The van der Waals surface area contributed by atoms with Crippen LogP contribution >= 0.6 is 0 Å². The lowest BCUT2D eigenvalue weighted by Gasteiger charge is -2.27. The van der Waals surface area contributed by atoms with E-state index in [4.69, 9.17) is 5.11 Å². The molecule has 4 nitrogen and oxygen atoms in total. The number of hydrogen-bond donors (Lipinski definition) is 3. The van der Waals surface area contributed by atoms with Crippen molar-refractivity contribution >= 4 is 11.7 Å². The van der Waals surface area contributed by atoms with Gasteiger partial charge in [-0.15, -0.1) is 0 Å². The van der Waals surface area contributed by atoms with Crippen LogP contribution in [0.5, 0.6) is 0 Å². The highest BCUT2D eigenvalue weighted by Gasteiger charge is 2.21. The van der Waals surface area contributed by atoms with Gasteiger partial charge >= 0.3 is 6.03 Å². The first-order valence-corrected chi connectivity index (χ1v) is 6.71. The molecule has 1 aliphatic carbocycles. The van der Waals surface area contributed by atoms with E-state index in [1.807, 2.05) is 0 Å². The van der Waals surface area contributed by atoms with Gasteiger partial charge in [-0.1, -0.05) is 0 Å². The summed E-state index contributed by atoms with van der Waals surface area (Å²) in [5.41, 5.74) is 0.0871. The number of hydrogen-bond acceptors (Lipinski definition) is 2. The zero-order chi connectivity index (χ0) is 14.5. The largest absolute Gasteiger partial charge is 0.396 e. The Balaban J connectivity index is 1.83. The molecule has 6 heteroatoms. The first kappa shape index (κ1) is 14.7. The number of halogens is 2. The molecule has 2 rings (SSSR count). The molecule has 0 aliphatic heterocycles. The van der Waals surface area contributed by atoms with E-state index in [-0.39, 0.29) is 18.3 Å². The molecule has 0 unspecified atom stereocenters. The van der Waals surface area contributed by atoms with Gasteiger partial charge in [-0.05, 0) is 43.7 Å². The molecule has 20 heavy (non-hydrogen) atoms. The summed E-state index contributed by atoms with van der Waals surface area (Å²) in [5.74, 6) is -1.15. The predicted octanol–water partition coefficient (Wildman–Crippen LogP) is 2.64. The second kappa shape index (κ2) is 6.65. The number of anilines is 1. The maximum absolute atomic E-state index is 13.0. The molecule has 1 saturated carbocycles. The van der Waals surface area contributed by atoms with Gasteiger partial charge in [0.2, 0.25) is 0 Å². The lowest BCUT2D eigenvalue weighted by Crippen LogP contribution is -2.40. The van der Waals surface area contributed by atoms with E-state index in [1.165, 1.54) is 0 Å². The Bertz CT molecular complexity index is 454. The van der Waals surface area contributed by atoms with Crippen molar-refractivity contribution in [3.8, 4) is 0 Å². The molecule has 110 valence electrons. The smallest absolute Gasteiger partial charge is 0.319 e. The van der Waals surface area contributed by atoms with Crippen molar-refractivity contribution < 1.29 is 18.7 Å². The van der Waals surface area contributed by atoms with Crippen LogP contribution in [0.25, 0.3) is 0 Å². The van der Waals surface area contributed by atoms with Crippen molar-refractivity contribution in [3.05, 3.63) is 29.8 Å². The summed E-state index contributed by atoms with van der Waals surface area (Å²) in [5, 5.41) is 14.2. The van der Waals surface area contributed by atoms with Gasteiger partial charge in [-0.2, -0.15) is 0 Å². The Morgan fingerprint density at radius 2 is 1.75 bits per heavy atom. The summed E-state index contributed by atoms with van der Waals surface area (Å²) in [6, 6.07) is 2.44. The molecule has 1 aromatic carbocycles. The first-order valence-electron chi connectivity index (χ1n) is 6.71. The number of aliphatic hydroxyl groups excluding tert-OH is 1. The molecule has 0 spiro atoms. The van der Waals surface area contributed by atoms with Gasteiger partial charge in [0.05, 0.1) is 0 Å². The standard InChI is InChI=1S/C14H18F2N2O2/c15-10-5-11(16)7-13(6-10)18-14(20)17-12-3-1-9(8-19)2-4-12/h5-7,9,12,19H,1-4,8H2,(H2,17,18,20). The van der Waals surface area contributed by atoms with Crippen LogP contribution in [0.1, 0.15) is 25.7 Å². The lowest BCUT2D eigenvalue weighted by molar-refractivity contribution is 0.176. The van der Waals surface area contributed by atoms with E-state index in [1.54, 1.807) is 0 Å². The Morgan fingerprint density at radius 1 is 1.15 bits per heavy atom. The molecule has 0 bridgehead atoms. The van der Waals surface area contributed by atoms with Crippen molar-refractivity contribution in [3.63, 3.8) is 0 Å². The molecular weight excluding hydrogens is 266 g/mol. The van der Waals surface area contributed by atoms with Crippen LogP contribution in [0.4, 0.5) is 19.3 Å². The van der Waals surface area contributed by atoms with Gasteiger partial charge in [0, 0.05) is 24.4 Å². The zero-order valence-corrected chi connectivity index (χ0v) is 11.0. The molecule has 0 radical (unpaired) electrons. The van der Waals surface area contributed by atoms with Crippen molar-refractivity contribution in [1.29, 1.82) is 0 Å². The van der Waals surface area contributed by atoms with Crippen molar-refractivity contribution in [2.45, 2.75) is 31.7 Å². The monoisotopic (exact) mass is 284 g/mol. The normalized spacial score (nSPS) is 22.4. The van der Waals surface area contributed by atoms with E-state index >= 15 is 0 Å². The maximum atomic E-state index is 13.0.